The first-order valence-corrected chi connectivity index (χ1v) is 8.24. The van der Waals surface area contributed by atoms with E-state index >= 15 is 0 Å². The summed E-state index contributed by atoms with van der Waals surface area (Å²) in [6, 6.07) is 0.507. The number of likely N-dealkylation sites (tertiary alicyclic amines) is 1. The van der Waals surface area contributed by atoms with Gasteiger partial charge >= 0.3 is 5.97 Å². The second-order valence-corrected chi connectivity index (χ2v) is 6.67. The minimum atomic E-state index is -0.313. The Balaban J connectivity index is 2.20. The van der Waals surface area contributed by atoms with Gasteiger partial charge in [-0.1, -0.05) is 0 Å². The van der Waals surface area contributed by atoms with Crippen LogP contribution in [0.25, 0.3) is 0 Å². The maximum absolute atomic E-state index is 12.0. The fourth-order valence-corrected chi connectivity index (χ4v) is 3.96. The van der Waals surface area contributed by atoms with E-state index in [4.69, 9.17) is 10.5 Å². The molecular formula is C15H25N3O2S. The molecule has 1 aliphatic heterocycles. The van der Waals surface area contributed by atoms with E-state index < -0.39 is 0 Å². The molecular weight excluding hydrogens is 286 g/mol. The van der Waals surface area contributed by atoms with Crippen molar-refractivity contribution in [3.8, 4) is 0 Å². The van der Waals surface area contributed by atoms with Crippen LogP contribution in [-0.2, 0) is 4.74 Å². The number of piperidine rings is 1. The second-order valence-electron chi connectivity index (χ2n) is 5.64. The number of hydrogen-bond donors (Lipinski definition) is 1. The van der Waals surface area contributed by atoms with Gasteiger partial charge in [-0.25, -0.2) is 4.79 Å². The lowest BCUT2D eigenvalue weighted by molar-refractivity contribution is 0.0527. The van der Waals surface area contributed by atoms with Crippen LogP contribution in [0.5, 0.6) is 0 Å². The van der Waals surface area contributed by atoms with Gasteiger partial charge in [-0.2, -0.15) is 0 Å². The number of carbonyl (C=O) groups is 1. The normalized spacial score (nSPS) is 17.0. The van der Waals surface area contributed by atoms with Gasteiger partial charge in [0.25, 0.3) is 0 Å². The van der Waals surface area contributed by atoms with Crippen LogP contribution in [0.4, 0.5) is 10.0 Å². The Morgan fingerprint density at radius 3 is 2.67 bits per heavy atom. The molecule has 1 saturated heterocycles. The monoisotopic (exact) mass is 311 g/mol. The predicted molar refractivity (Wildman–Crippen MR) is 88.3 cm³/mol. The Labute approximate surface area is 130 Å². The highest BCUT2D eigenvalue weighted by Crippen LogP contribution is 2.39. The number of anilines is 2. The molecule has 2 rings (SSSR count). The zero-order chi connectivity index (χ0) is 15.6. The van der Waals surface area contributed by atoms with Gasteiger partial charge in [-0.3, -0.25) is 0 Å². The first-order valence-electron chi connectivity index (χ1n) is 7.43. The molecule has 0 saturated carbocycles. The van der Waals surface area contributed by atoms with Gasteiger partial charge < -0.3 is 20.3 Å². The molecule has 0 bridgehead atoms. The van der Waals surface area contributed by atoms with Gasteiger partial charge in [0.2, 0.25) is 0 Å². The highest BCUT2D eigenvalue weighted by Gasteiger charge is 2.27. The third-order valence-corrected chi connectivity index (χ3v) is 5.40. The van der Waals surface area contributed by atoms with E-state index in [1.165, 1.54) is 11.3 Å². The molecule has 0 radical (unpaired) electrons. The molecule has 0 aliphatic carbocycles. The molecule has 2 N–H and O–H groups in total. The Morgan fingerprint density at radius 1 is 1.48 bits per heavy atom. The van der Waals surface area contributed by atoms with E-state index in [1.54, 1.807) is 6.92 Å². The number of nitrogens with two attached hydrogens (primary N) is 1. The number of hydrogen-bond acceptors (Lipinski definition) is 6. The number of ether oxygens (including phenoxy) is 1. The van der Waals surface area contributed by atoms with Crippen molar-refractivity contribution in [1.29, 1.82) is 0 Å². The molecule has 0 aromatic carbocycles. The number of nitrogens with zero attached hydrogens (tertiary/aromatic N) is 2. The minimum Gasteiger partial charge on any atom is -0.462 e. The summed E-state index contributed by atoms with van der Waals surface area (Å²) in [4.78, 5) is 16.7. The number of rotatable bonds is 4. The first kappa shape index (κ1) is 16.1. The van der Waals surface area contributed by atoms with Crippen molar-refractivity contribution in [2.45, 2.75) is 32.7 Å². The van der Waals surface area contributed by atoms with Crippen molar-refractivity contribution >= 4 is 27.3 Å². The molecule has 0 unspecified atom stereocenters. The van der Waals surface area contributed by atoms with Crippen molar-refractivity contribution in [2.24, 2.45) is 0 Å². The van der Waals surface area contributed by atoms with Crippen LogP contribution < -0.4 is 10.6 Å². The zero-order valence-corrected chi connectivity index (χ0v) is 14.1. The molecule has 6 heteroatoms. The maximum Gasteiger partial charge on any atom is 0.341 e. The minimum absolute atomic E-state index is 0.313. The molecule has 1 fully saturated rings. The van der Waals surface area contributed by atoms with E-state index in [0.29, 0.717) is 23.2 Å². The lowest BCUT2D eigenvalue weighted by Gasteiger charge is -2.36. The topological polar surface area (TPSA) is 58.8 Å². The van der Waals surface area contributed by atoms with Crippen LogP contribution in [0.3, 0.4) is 0 Å². The molecule has 0 spiro atoms. The fourth-order valence-electron chi connectivity index (χ4n) is 2.87. The van der Waals surface area contributed by atoms with Gasteiger partial charge in [0.1, 0.15) is 5.00 Å². The highest BCUT2D eigenvalue weighted by atomic mass is 32.1. The van der Waals surface area contributed by atoms with Crippen LogP contribution in [-0.4, -0.2) is 50.7 Å². The second kappa shape index (κ2) is 6.66. The summed E-state index contributed by atoms with van der Waals surface area (Å²) in [5.41, 5.74) is 7.53. The Bertz CT molecular complexity index is 507. The summed E-state index contributed by atoms with van der Waals surface area (Å²) in [6.45, 7) is 6.36. The first-order chi connectivity index (χ1) is 9.95. The Hall–Kier alpha value is -1.27. The van der Waals surface area contributed by atoms with E-state index in [0.717, 1.165) is 36.5 Å². The average Bonchev–Trinajstić information content (AvgIpc) is 2.74. The highest BCUT2D eigenvalue weighted by molar-refractivity contribution is 7.20. The van der Waals surface area contributed by atoms with Crippen LogP contribution in [0, 0.1) is 6.92 Å². The van der Waals surface area contributed by atoms with Gasteiger partial charge in [0.05, 0.1) is 17.2 Å². The molecule has 21 heavy (non-hydrogen) atoms. The molecule has 2 heterocycles. The molecule has 0 atom stereocenters. The van der Waals surface area contributed by atoms with E-state index in [-0.39, 0.29) is 5.97 Å². The summed E-state index contributed by atoms with van der Waals surface area (Å²) in [7, 11) is 4.26. The van der Waals surface area contributed by atoms with Crippen molar-refractivity contribution in [3.05, 3.63) is 11.1 Å². The SMILES string of the molecule is CCOC(=O)c1c(N)sc(N(C)C2CCN(C)CC2)c1C. The van der Waals surface area contributed by atoms with E-state index in [9.17, 15) is 4.79 Å². The molecule has 1 aromatic rings. The molecule has 118 valence electrons. The average molecular weight is 311 g/mol. The Kier molecular flexibility index (Phi) is 5.11. The summed E-state index contributed by atoms with van der Waals surface area (Å²) < 4.78 is 5.10. The largest absolute Gasteiger partial charge is 0.462 e. The van der Waals surface area contributed by atoms with Crippen molar-refractivity contribution in [1.82, 2.24) is 4.90 Å². The summed E-state index contributed by atoms with van der Waals surface area (Å²) in [6.07, 6.45) is 2.28. The predicted octanol–water partition coefficient (Wildman–Crippen LogP) is 2.35. The molecule has 0 amide bonds. The van der Waals surface area contributed by atoms with Gasteiger partial charge in [-0.05, 0) is 46.8 Å². The van der Waals surface area contributed by atoms with E-state index in [1.807, 2.05) is 6.92 Å². The number of thiophene rings is 1. The van der Waals surface area contributed by atoms with Crippen molar-refractivity contribution in [3.63, 3.8) is 0 Å². The van der Waals surface area contributed by atoms with E-state index in [2.05, 4.69) is 23.9 Å². The molecule has 1 aliphatic rings. The fraction of sp³-hybridized carbons (Fsp3) is 0.667. The number of carbonyl (C=O) groups excluding carboxylic acids is 1. The summed E-state index contributed by atoms with van der Waals surface area (Å²) >= 11 is 1.49. The van der Waals surface area contributed by atoms with Crippen LogP contribution in [0.1, 0.15) is 35.7 Å². The molecule has 5 nitrogen and oxygen atoms in total. The molecule has 1 aromatic heterocycles. The Morgan fingerprint density at radius 2 is 2.10 bits per heavy atom. The summed E-state index contributed by atoms with van der Waals surface area (Å²) in [5.74, 6) is -0.313. The standard InChI is InChI=1S/C15H25N3O2S/c1-5-20-15(19)12-10(2)14(21-13(12)16)18(4)11-6-8-17(3)9-7-11/h11H,5-9,16H2,1-4H3. The summed E-state index contributed by atoms with van der Waals surface area (Å²) in [5, 5.41) is 1.64. The van der Waals surface area contributed by atoms with Gasteiger partial charge in [-0.15, -0.1) is 11.3 Å². The lowest BCUT2D eigenvalue weighted by Crippen LogP contribution is -2.41. The number of esters is 1. The van der Waals surface area contributed by atoms with Gasteiger partial charge in [0.15, 0.2) is 0 Å². The van der Waals surface area contributed by atoms with Crippen LogP contribution >= 0.6 is 11.3 Å². The smallest absolute Gasteiger partial charge is 0.341 e. The van der Waals surface area contributed by atoms with Crippen molar-refractivity contribution in [2.75, 3.05) is 44.4 Å². The lowest BCUT2D eigenvalue weighted by atomic mass is 10.0. The van der Waals surface area contributed by atoms with Crippen LogP contribution in [0.15, 0.2) is 0 Å². The number of nitrogen functional groups attached to an aromatic ring is 1. The maximum atomic E-state index is 12.0. The zero-order valence-electron chi connectivity index (χ0n) is 13.3. The quantitative estimate of drug-likeness (QED) is 0.865. The third kappa shape index (κ3) is 3.32. The van der Waals surface area contributed by atoms with Crippen molar-refractivity contribution < 1.29 is 9.53 Å². The van der Waals surface area contributed by atoms with Gasteiger partial charge in [0, 0.05) is 18.7 Å². The third-order valence-electron chi connectivity index (χ3n) is 4.18. The van der Waals surface area contributed by atoms with Crippen LogP contribution in [0.2, 0.25) is 0 Å².